The molecule has 0 aliphatic carbocycles. The first-order chi connectivity index (χ1) is 12.7. The van der Waals surface area contributed by atoms with Crippen LogP contribution in [0.3, 0.4) is 0 Å². The van der Waals surface area contributed by atoms with Gasteiger partial charge in [0, 0.05) is 24.5 Å². The molecular formula is C19H26N4O3S. The summed E-state index contributed by atoms with van der Waals surface area (Å²) >= 11 is 0. The van der Waals surface area contributed by atoms with Gasteiger partial charge in [-0.1, -0.05) is 6.07 Å². The fraction of sp³-hybridized carbons (Fsp3) is 0.474. The first-order valence-corrected chi connectivity index (χ1v) is 10.6. The Balaban J connectivity index is 1.83. The number of carbonyl (C=O) groups is 1. The third-order valence-electron chi connectivity index (χ3n) is 4.93. The molecule has 1 aliphatic heterocycles. The van der Waals surface area contributed by atoms with E-state index in [1.807, 2.05) is 19.9 Å². The molecule has 0 saturated carbocycles. The average molecular weight is 391 g/mol. The number of hydrogen-bond acceptors (Lipinski definition) is 4. The maximum atomic E-state index is 12.9. The summed E-state index contributed by atoms with van der Waals surface area (Å²) in [4.78, 5) is 12.9. The Morgan fingerprint density at radius 3 is 2.41 bits per heavy atom. The summed E-state index contributed by atoms with van der Waals surface area (Å²) in [5, 5.41) is 7.17. The Kier molecular flexibility index (Phi) is 5.39. The second-order valence-electron chi connectivity index (χ2n) is 7.13. The van der Waals surface area contributed by atoms with E-state index in [-0.39, 0.29) is 10.8 Å². The highest BCUT2D eigenvalue weighted by molar-refractivity contribution is 7.89. The van der Waals surface area contributed by atoms with E-state index in [0.29, 0.717) is 24.3 Å². The molecule has 7 nitrogen and oxygen atoms in total. The zero-order valence-corrected chi connectivity index (χ0v) is 17.0. The van der Waals surface area contributed by atoms with Gasteiger partial charge in [0.05, 0.1) is 10.6 Å². The topological polar surface area (TPSA) is 84.3 Å². The molecule has 1 saturated heterocycles. The first kappa shape index (κ1) is 19.6. The lowest BCUT2D eigenvalue weighted by Crippen LogP contribution is -2.29. The van der Waals surface area contributed by atoms with Crippen LogP contribution in [0.1, 0.15) is 42.8 Å². The normalized spacial score (nSPS) is 16.4. The molecule has 0 unspecified atom stereocenters. The van der Waals surface area contributed by atoms with Crippen molar-refractivity contribution in [2.75, 3.05) is 18.4 Å². The Labute approximate surface area is 160 Å². The molecule has 3 rings (SSSR count). The zero-order valence-electron chi connectivity index (χ0n) is 16.2. The van der Waals surface area contributed by atoms with Crippen LogP contribution in [-0.4, -0.2) is 41.5 Å². The van der Waals surface area contributed by atoms with Crippen molar-refractivity contribution in [3.63, 3.8) is 0 Å². The number of aryl methyl sites for hydroxylation is 3. The maximum Gasteiger partial charge on any atom is 0.248 e. The smallest absolute Gasteiger partial charge is 0.248 e. The van der Waals surface area contributed by atoms with Crippen molar-refractivity contribution in [1.82, 2.24) is 14.1 Å². The minimum absolute atomic E-state index is 0.241. The van der Waals surface area contributed by atoms with E-state index < -0.39 is 16.1 Å². The molecule has 0 radical (unpaired) electrons. The highest BCUT2D eigenvalue weighted by Crippen LogP contribution is 2.26. The van der Waals surface area contributed by atoms with Crippen molar-refractivity contribution in [2.24, 2.45) is 0 Å². The summed E-state index contributed by atoms with van der Waals surface area (Å²) in [6.07, 6.45) is 1.77. The minimum atomic E-state index is -3.54. The molecule has 2 aromatic rings. The van der Waals surface area contributed by atoms with Crippen LogP contribution in [-0.2, 0) is 14.8 Å². The van der Waals surface area contributed by atoms with E-state index in [1.165, 1.54) is 4.31 Å². The van der Waals surface area contributed by atoms with Crippen molar-refractivity contribution in [3.8, 4) is 0 Å². The van der Waals surface area contributed by atoms with Gasteiger partial charge in [-0.05, 0) is 64.3 Å². The van der Waals surface area contributed by atoms with Crippen LogP contribution in [0.15, 0.2) is 29.2 Å². The number of rotatable bonds is 5. The third kappa shape index (κ3) is 3.91. The molecule has 2 heterocycles. The van der Waals surface area contributed by atoms with Crippen LogP contribution in [0.2, 0.25) is 0 Å². The Morgan fingerprint density at radius 1 is 1.15 bits per heavy atom. The summed E-state index contributed by atoms with van der Waals surface area (Å²) in [7, 11) is -3.54. The number of nitrogens with zero attached hydrogens (tertiary/aromatic N) is 3. The van der Waals surface area contributed by atoms with E-state index in [4.69, 9.17) is 0 Å². The van der Waals surface area contributed by atoms with Gasteiger partial charge in [0.2, 0.25) is 15.9 Å². The molecule has 1 aromatic carbocycles. The lowest BCUT2D eigenvalue weighted by atomic mass is 10.2. The van der Waals surface area contributed by atoms with Crippen molar-refractivity contribution in [3.05, 3.63) is 41.2 Å². The highest BCUT2D eigenvalue weighted by atomic mass is 32.2. The van der Waals surface area contributed by atoms with Gasteiger partial charge in [0.25, 0.3) is 0 Å². The molecular weight excluding hydrogens is 364 g/mol. The molecule has 27 heavy (non-hydrogen) atoms. The number of aromatic nitrogens is 2. The lowest BCUT2D eigenvalue weighted by molar-refractivity contribution is -0.119. The number of anilines is 1. The van der Waals surface area contributed by atoms with E-state index in [1.54, 1.807) is 36.7 Å². The quantitative estimate of drug-likeness (QED) is 0.851. The van der Waals surface area contributed by atoms with Crippen LogP contribution in [0.4, 0.5) is 5.69 Å². The molecule has 0 spiro atoms. The number of sulfonamides is 1. The summed E-state index contributed by atoms with van der Waals surface area (Å²) in [6, 6.07) is 6.42. The van der Waals surface area contributed by atoms with E-state index >= 15 is 0 Å². The number of nitrogens with one attached hydrogen (secondary N) is 1. The van der Waals surface area contributed by atoms with Gasteiger partial charge in [0.15, 0.2) is 0 Å². The van der Waals surface area contributed by atoms with Gasteiger partial charge in [-0.2, -0.15) is 9.40 Å². The van der Waals surface area contributed by atoms with Gasteiger partial charge in [0.1, 0.15) is 6.04 Å². The predicted molar refractivity (Wildman–Crippen MR) is 104 cm³/mol. The summed E-state index contributed by atoms with van der Waals surface area (Å²) < 4.78 is 29.0. The molecule has 1 amide bonds. The highest BCUT2D eigenvalue weighted by Gasteiger charge is 2.29. The molecule has 8 heteroatoms. The van der Waals surface area contributed by atoms with E-state index in [0.717, 1.165) is 24.2 Å². The second kappa shape index (κ2) is 7.44. The Bertz CT molecular complexity index is 959. The third-order valence-corrected chi connectivity index (χ3v) is 6.97. The molecule has 1 aromatic heterocycles. The summed E-state index contributed by atoms with van der Waals surface area (Å²) in [6.45, 7) is 8.42. The van der Waals surface area contributed by atoms with Crippen molar-refractivity contribution in [2.45, 2.75) is 51.5 Å². The lowest BCUT2D eigenvalue weighted by Gasteiger charge is -2.19. The number of hydrogen-bond donors (Lipinski definition) is 1. The Morgan fingerprint density at radius 2 is 1.81 bits per heavy atom. The number of amides is 1. The molecule has 0 bridgehead atoms. The van der Waals surface area contributed by atoms with Crippen LogP contribution in [0, 0.1) is 20.8 Å². The fourth-order valence-corrected chi connectivity index (χ4v) is 5.19. The monoisotopic (exact) mass is 390 g/mol. The second-order valence-corrected chi connectivity index (χ2v) is 9.03. The molecule has 1 N–H and O–H groups in total. The van der Waals surface area contributed by atoms with Gasteiger partial charge >= 0.3 is 0 Å². The number of benzene rings is 1. The Hall–Kier alpha value is -2.19. The average Bonchev–Trinajstić information content (AvgIpc) is 3.25. The van der Waals surface area contributed by atoms with Crippen LogP contribution < -0.4 is 5.32 Å². The number of carbonyl (C=O) groups excluding carboxylic acids is 1. The van der Waals surface area contributed by atoms with Crippen molar-refractivity contribution >= 4 is 21.6 Å². The van der Waals surface area contributed by atoms with Gasteiger partial charge in [-0.3, -0.25) is 9.48 Å². The molecule has 1 aliphatic rings. The van der Waals surface area contributed by atoms with Crippen LogP contribution >= 0.6 is 0 Å². The predicted octanol–water partition coefficient (Wildman–Crippen LogP) is 2.79. The van der Waals surface area contributed by atoms with Crippen molar-refractivity contribution in [1.29, 1.82) is 0 Å². The van der Waals surface area contributed by atoms with Gasteiger partial charge in [-0.25, -0.2) is 8.42 Å². The summed E-state index contributed by atoms with van der Waals surface area (Å²) in [5.74, 6) is -0.241. The standard InChI is InChI=1S/C19H26N4O3S/c1-13-7-8-17(12-18(13)27(25,26)22-9-5-6-10-22)20-19(24)16(4)23-15(3)11-14(2)21-23/h7-8,11-12,16H,5-6,9-10H2,1-4H3,(H,20,24)/t16-/m1/s1. The molecule has 1 fully saturated rings. The van der Waals surface area contributed by atoms with Crippen LogP contribution in [0.5, 0.6) is 0 Å². The SMILES string of the molecule is Cc1cc(C)n([C@H](C)C(=O)Nc2ccc(C)c(S(=O)(=O)N3CCCC3)c2)n1. The van der Waals surface area contributed by atoms with Gasteiger partial charge in [-0.15, -0.1) is 0 Å². The van der Waals surface area contributed by atoms with E-state index in [9.17, 15) is 13.2 Å². The zero-order chi connectivity index (χ0) is 19.8. The molecule has 146 valence electrons. The van der Waals surface area contributed by atoms with Gasteiger partial charge < -0.3 is 5.32 Å². The van der Waals surface area contributed by atoms with Crippen LogP contribution in [0.25, 0.3) is 0 Å². The summed E-state index contributed by atoms with van der Waals surface area (Å²) in [5.41, 5.74) is 2.89. The molecule has 1 atom stereocenters. The maximum absolute atomic E-state index is 12.9. The van der Waals surface area contributed by atoms with Crippen molar-refractivity contribution < 1.29 is 13.2 Å². The van der Waals surface area contributed by atoms with E-state index in [2.05, 4.69) is 10.4 Å². The fourth-order valence-electron chi connectivity index (χ4n) is 3.42. The first-order valence-electron chi connectivity index (χ1n) is 9.14. The minimum Gasteiger partial charge on any atom is -0.324 e. The largest absolute Gasteiger partial charge is 0.324 e.